The Hall–Kier alpha value is -1.44. The number of furan rings is 1. The Morgan fingerprint density at radius 3 is 2.69 bits per heavy atom. The van der Waals surface area contributed by atoms with Crippen molar-refractivity contribution in [3.05, 3.63) is 42.2 Å². The zero-order valence-electron chi connectivity index (χ0n) is 14.9. The summed E-state index contributed by atoms with van der Waals surface area (Å²) in [5, 5.41) is 0.629. The van der Waals surface area contributed by atoms with Crippen molar-refractivity contribution in [2.45, 2.75) is 48.0 Å². The van der Waals surface area contributed by atoms with Crippen molar-refractivity contribution in [1.29, 1.82) is 0 Å². The van der Waals surface area contributed by atoms with Gasteiger partial charge in [-0.05, 0) is 43.5 Å². The number of fused-ring (bicyclic) bond motifs is 1. The minimum absolute atomic E-state index is 0.0697. The molecule has 4 rings (SSSR count). The fraction of sp³-hybridized carbons (Fsp3) is 0.474. The van der Waals surface area contributed by atoms with Gasteiger partial charge < -0.3 is 9.32 Å². The van der Waals surface area contributed by atoms with E-state index in [-0.39, 0.29) is 5.09 Å². The Balaban J connectivity index is 1.56. The predicted molar refractivity (Wildman–Crippen MR) is 104 cm³/mol. The van der Waals surface area contributed by atoms with Gasteiger partial charge >= 0.3 is 0 Å². The standard InChI is InChI=1S/C19H24N2O3S2/c1-15-10-13-20(17-6-2-3-7-18(17)25-15)14-16-8-9-19(24-16)26(22,23)21-11-4-5-12-21/h2-3,6-9,15H,4-5,10-14H2,1H3. The molecular formula is C19H24N2O3S2. The first-order valence-corrected chi connectivity index (χ1v) is 11.5. The van der Waals surface area contributed by atoms with E-state index in [4.69, 9.17) is 4.42 Å². The minimum atomic E-state index is -3.49. The lowest BCUT2D eigenvalue weighted by Gasteiger charge is -2.23. The second-order valence-corrected chi connectivity index (χ2v) is 10.3. The number of hydrogen-bond acceptors (Lipinski definition) is 5. The quantitative estimate of drug-likeness (QED) is 0.788. The normalized spacial score (nSPS) is 21.6. The van der Waals surface area contributed by atoms with Crippen molar-refractivity contribution in [2.75, 3.05) is 24.5 Å². The van der Waals surface area contributed by atoms with Crippen LogP contribution in [0.15, 0.2) is 50.8 Å². The number of para-hydroxylation sites is 1. The Morgan fingerprint density at radius 1 is 1.12 bits per heavy atom. The number of anilines is 1. The van der Waals surface area contributed by atoms with E-state index >= 15 is 0 Å². The molecule has 0 saturated carbocycles. The first-order chi connectivity index (χ1) is 12.5. The first kappa shape index (κ1) is 17.9. The zero-order chi connectivity index (χ0) is 18.1. The Morgan fingerprint density at radius 2 is 1.88 bits per heavy atom. The predicted octanol–water partition coefficient (Wildman–Crippen LogP) is 3.96. The lowest BCUT2D eigenvalue weighted by molar-refractivity contribution is 0.387. The number of nitrogens with zero attached hydrogens (tertiary/aromatic N) is 2. The Bertz CT molecular complexity index is 872. The van der Waals surface area contributed by atoms with E-state index < -0.39 is 10.0 Å². The average molecular weight is 393 g/mol. The summed E-state index contributed by atoms with van der Waals surface area (Å²) in [6.45, 7) is 4.94. The SMILES string of the molecule is CC1CCN(Cc2ccc(S(=O)(=O)N3CCCC3)o2)c2ccccc2S1. The molecule has 0 bridgehead atoms. The van der Waals surface area contributed by atoms with Crippen LogP contribution in [0.5, 0.6) is 0 Å². The largest absolute Gasteiger partial charge is 0.446 e. The van der Waals surface area contributed by atoms with Crippen LogP contribution in [-0.4, -0.2) is 37.6 Å². The highest BCUT2D eigenvalue weighted by molar-refractivity contribution is 8.00. The van der Waals surface area contributed by atoms with Crippen LogP contribution in [-0.2, 0) is 16.6 Å². The van der Waals surface area contributed by atoms with Gasteiger partial charge in [-0.3, -0.25) is 0 Å². The molecule has 5 nitrogen and oxygen atoms in total. The molecule has 1 atom stereocenters. The first-order valence-electron chi connectivity index (χ1n) is 9.13. The fourth-order valence-corrected chi connectivity index (χ4v) is 6.12. The second-order valence-electron chi connectivity index (χ2n) is 6.94. The monoisotopic (exact) mass is 392 g/mol. The maximum atomic E-state index is 12.7. The number of benzene rings is 1. The topological polar surface area (TPSA) is 53.8 Å². The molecule has 1 fully saturated rings. The van der Waals surface area contributed by atoms with E-state index in [2.05, 4.69) is 30.0 Å². The molecule has 0 spiro atoms. The summed E-state index contributed by atoms with van der Waals surface area (Å²) in [7, 11) is -3.49. The maximum absolute atomic E-state index is 12.7. The van der Waals surface area contributed by atoms with Crippen molar-refractivity contribution in [3.8, 4) is 0 Å². The van der Waals surface area contributed by atoms with E-state index in [1.54, 1.807) is 12.1 Å². The molecule has 1 saturated heterocycles. The van der Waals surface area contributed by atoms with Gasteiger partial charge in [0.1, 0.15) is 5.76 Å². The van der Waals surface area contributed by atoms with Gasteiger partial charge in [0.2, 0.25) is 5.09 Å². The van der Waals surface area contributed by atoms with Crippen molar-refractivity contribution in [3.63, 3.8) is 0 Å². The molecule has 0 N–H and O–H groups in total. The molecule has 0 aliphatic carbocycles. The Kier molecular flexibility index (Phi) is 5.03. The van der Waals surface area contributed by atoms with E-state index in [1.165, 1.54) is 14.9 Å². The lowest BCUT2D eigenvalue weighted by Crippen LogP contribution is -2.27. The fourth-order valence-electron chi connectivity index (χ4n) is 3.54. The molecule has 2 aromatic rings. The molecule has 1 aromatic heterocycles. The van der Waals surface area contributed by atoms with Crippen LogP contribution in [0, 0.1) is 0 Å². The lowest BCUT2D eigenvalue weighted by atomic mass is 10.2. The molecule has 7 heteroatoms. The highest BCUT2D eigenvalue weighted by atomic mass is 32.2. The van der Waals surface area contributed by atoms with Gasteiger partial charge in [-0.25, -0.2) is 8.42 Å². The van der Waals surface area contributed by atoms with Gasteiger partial charge in [0.05, 0.1) is 12.2 Å². The van der Waals surface area contributed by atoms with Crippen LogP contribution in [0.4, 0.5) is 5.69 Å². The van der Waals surface area contributed by atoms with Crippen molar-refractivity contribution >= 4 is 27.5 Å². The zero-order valence-corrected chi connectivity index (χ0v) is 16.6. The summed E-state index contributed by atoms with van der Waals surface area (Å²) in [5.74, 6) is 0.692. The smallest absolute Gasteiger partial charge is 0.276 e. The van der Waals surface area contributed by atoms with Crippen LogP contribution in [0.3, 0.4) is 0 Å². The highest BCUT2D eigenvalue weighted by Crippen LogP contribution is 2.38. The third kappa shape index (κ3) is 3.52. The third-order valence-corrected chi connectivity index (χ3v) is 7.99. The molecule has 1 unspecified atom stereocenters. The van der Waals surface area contributed by atoms with E-state index in [9.17, 15) is 8.42 Å². The molecule has 0 radical (unpaired) electrons. The average Bonchev–Trinajstić information content (AvgIpc) is 3.29. The van der Waals surface area contributed by atoms with Gasteiger partial charge in [-0.1, -0.05) is 19.1 Å². The summed E-state index contributed by atoms with van der Waals surface area (Å²) in [5.41, 5.74) is 1.20. The number of sulfonamides is 1. The summed E-state index contributed by atoms with van der Waals surface area (Å²) in [4.78, 5) is 3.56. The summed E-state index contributed by atoms with van der Waals surface area (Å²) in [6.07, 6.45) is 2.93. The molecule has 26 heavy (non-hydrogen) atoms. The van der Waals surface area contributed by atoms with E-state index in [0.29, 0.717) is 30.6 Å². The van der Waals surface area contributed by atoms with Gasteiger partial charge in [0.15, 0.2) is 0 Å². The van der Waals surface area contributed by atoms with Crippen LogP contribution < -0.4 is 4.90 Å². The molecule has 140 valence electrons. The number of hydrogen-bond donors (Lipinski definition) is 0. The van der Waals surface area contributed by atoms with Crippen molar-refractivity contribution < 1.29 is 12.8 Å². The Labute approximate surface area is 159 Å². The van der Waals surface area contributed by atoms with Crippen LogP contribution in [0.2, 0.25) is 0 Å². The number of rotatable bonds is 4. The van der Waals surface area contributed by atoms with Gasteiger partial charge in [-0.15, -0.1) is 11.8 Å². The molecule has 2 aliphatic heterocycles. The maximum Gasteiger partial charge on any atom is 0.276 e. The van der Waals surface area contributed by atoms with Crippen LogP contribution in [0.1, 0.15) is 31.9 Å². The minimum Gasteiger partial charge on any atom is -0.446 e. The van der Waals surface area contributed by atoms with Crippen molar-refractivity contribution in [2.24, 2.45) is 0 Å². The molecule has 2 aliphatic rings. The number of thioether (sulfide) groups is 1. The van der Waals surface area contributed by atoms with Crippen LogP contribution in [0.25, 0.3) is 0 Å². The summed E-state index contributed by atoms with van der Waals surface area (Å²) >= 11 is 1.90. The third-order valence-electron chi connectivity index (χ3n) is 4.98. The summed E-state index contributed by atoms with van der Waals surface area (Å²) in [6, 6.07) is 11.8. The molecule has 1 aromatic carbocycles. The van der Waals surface area contributed by atoms with Gasteiger partial charge in [0, 0.05) is 29.8 Å². The van der Waals surface area contributed by atoms with Crippen LogP contribution >= 0.6 is 11.8 Å². The molecular weight excluding hydrogens is 368 g/mol. The molecule has 3 heterocycles. The van der Waals surface area contributed by atoms with E-state index in [0.717, 1.165) is 25.8 Å². The second kappa shape index (κ2) is 7.29. The summed E-state index contributed by atoms with van der Waals surface area (Å²) < 4.78 is 32.6. The van der Waals surface area contributed by atoms with Gasteiger partial charge in [-0.2, -0.15) is 4.31 Å². The molecule has 0 amide bonds. The van der Waals surface area contributed by atoms with E-state index in [1.807, 2.05) is 17.8 Å². The highest BCUT2D eigenvalue weighted by Gasteiger charge is 2.30. The van der Waals surface area contributed by atoms with Crippen molar-refractivity contribution in [1.82, 2.24) is 4.31 Å². The van der Waals surface area contributed by atoms with Gasteiger partial charge in [0.25, 0.3) is 10.0 Å².